The minimum absolute atomic E-state index is 0.0869. The van der Waals surface area contributed by atoms with Gasteiger partial charge in [-0.1, -0.05) is 0 Å². The molecule has 6 heteroatoms. The molecule has 0 aromatic heterocycles. The van der Waals surface area contributed by atoms with Gasteiger partial charge in [0.05, 0.1) is 0 Å². The van der Waals surface area contributed by atoms with Crippen molar-refractivity contribution in [1.29, 1.82) is 0 Å². The fourth-order valence-electron chi connectivity index (χ4n) is 1.08. The molecule has 0 fully saturated rings. The van der Waals surface area contributed by atoms with E-state index in [0.29, 0.717) is 6.07 Å². The smallest absolute Gasteiger partial charge is 0.320 e. The van der Waals surface area contributed by atoms with Gasteiger partial charge < -0.3 is 21.1 Å². The Bertz CT molecular complexity index is 394. The first kappa shape index (κ1) is 11.3. The first-order valence-corrected chi connectivity index (χ1v) is 4.10. The van der Waals surface area contributed by atoms with Crippen LogP contribution < -0.4 is 5.73 Å². The van der Waals surface area contributed by atoms with Crippen molar-refractivity contribution >= 4 is 5.97 Å². The molecule has 0 saturated carbocycles. The third-order valence-corrected chi connectivity index (χ3v) is 1.91. The van der Waals surface area contributed by atoms with E-state index in [9.17, 15) is 14.3 Å². The van der Waals surface area contributed by atoms with E-state index in [1.807, 2.05) is 0 Å². The SMILES string of the molecule is NC(Cc1cc(O)c(F)cc1O)C(=O)O. The summed E-state index contributed by atoms with van der Waals surface area (Å²) in [5, 5.41) is 26.8. The van der Waals surface area contributed by atoms with Crippen molar-refractivity contribution in [2.75, 3.05) is 0 Å². The first-order valence-electron chi connectivity index (χ1n) is 4.10. The Morgan fingerprint density at radius 3 is 2.53 bits per heavy atom. The number of benzene rings is 1. The highest BCUT2D eigenvalue weighted by atomic mass is 19.1. The molecule has 0 spiro atoms. The molecular weight excluding hydrogens is 205 g/mol. The van der Waals surface area contributed by atoms with Crippen molar-refractivity contribution in [3.63, 3.8) is 0 Å². The second-order valence-corrected chi connectivity index (χ2v) is 3.08. The van der Waals surface area contributed by atoms with Gasteiger partial charge in [-0.2, -0.15) is 0 Å². The zero-order valence-corrected chi connectivity index (χ0v) is 7.64. The Hall–Kier alpha value is -1.82. The van der Waals surface area contributed by atoms with Crippen LogP contribution in [0, 0.1) is 5.82 Å². The Balaban J connectivity index is 2.95. The number of phenols is 2. The summed E-state index contributed by atoms with van der Waals surface area (Å²) >= 11 is 0. The van der Waals surface area contributed by atoms with Crippen molar-refractivity contribution in [3.8, 4) is 11.5 Å². The van der Waals surface area contributed by atoms with E-state index in [1.165, 1.54) is 0 Å². The summed E-state index contributed by atoms with van der Waals surface area (Å²) in [6.45, 7) is 0. The molecule has 0 saturated heterocycles. The number of nitrogens with two attached hydrogens (primary N) is 1. The fraction of sp³-hybridized carbons (Fsp3) is 0.222. The van der Waals surface area contributed by atoms with E-state index in [2.05, 4.69) is 0 Å². The molecule has 5 N–H and O–H groups in total. The molecule has 0 aliphatic carbocycles. The van der Waals surface area contributed by atoms with Crippen LogP contribution >= 0.6 is 0 Å². The normalized spacial score (nSPS) is 12.4. The predicted octanol–water partition coefficient (Wildman–Crippen LogP) is 0.191. The molecule has 82 valence electrons. The summed E-state index contributed by atoms with van der Waals surface area (Å²) in [6, 6.07) is 0.452. The van der Waals surface area contributed by atoms with Crippen LogP contribution in [0.3, 0.4) is 0 Å². The highest BCUT2D eigenvalue weighted by Crippen LogP contribution is 2.26. The molecule has 0 heterocycles. The van der Waals surface area contributed by atoms with Crippen molar-refractivity contribution in [2.24, 2.45) is 5.73 Å². The quantitative estimate of drug-likeness (QED) is 0.539. The minimum Gasteiger partial charge on any atom is -0.508 e. The summed E-state index contributed by atoms with van der Waals surface area (Å²) in [4.78, 5) is 10.4. The lowest BCUT2D eigenvalue weighted by atomic mass is 10.1. The predicted molar refractivity (Wildman–Crippen MR) is 49.0 cm³/mol. The standard InChI is InChI=1S/C9H10FNO4/c10-5-3-7(12)4(2-8(5)13)1-6(11)9(14)15/h2-3,6,12-13H,1,11H2,(H,14,15). The molecule has 1 aromatic carbocycles. The van der Waals surface area contributed by atoms with Gasteiger partial charge in [0.15, 0.2) is 11.6 Å². The molecule has 15 heavy (non-hydrogen) atoms. The van der Waals surface area contributed by atoms with E-state index in [0.717, 1.165) is 6.07 Å². The summed E-state index contributed by atoms with van der Waals surface area (Å²) in [6.07, 6.45) is -0.186. The van der Waals surface area contributed by atoms with Crippen LogP contribution in [0.5, 0.6) is 11.5 Å². The van der Waals surface area contributed by atoms with E-state index >= 15 is 0 Å². The Kier molecular flexibility index (Phi) is 3.11. The van der Waals surface area contributed by atoms with E-state index in [-0.39, 0.29) is 12.0 Å². The lowest BCUT2D eigenvalue weighted by Crippen LogP contribution is -2.32. The lowest BCUT2D eigenvalue weighted by Gasteiger charge is -2.09. The fourth-order valence-corrected chi connectivity index (χ4v) is 1.08. The molecule has 0 aliphatic heterocycles. The molecule has 1 atom stereocenters. The highest BCUT2D eigenvalue weighted by Gasteiger charge is 2.16. The number of phenolic OH excluding ortho intramolecular Hbond substituents is 2. The number of carboxylic acids is 1. The lowest BCUT2D eigenvalue weighted by molar-refractivity contribution is -0.138. The van der Waals surface area contributed by atoms with Gasteiger partial charge in [-0.15, -0.1) is 0 Å². The van der Waals surface area contributed by atoms with Crippen LogP contribution in [0.4, 0.5) is 4.39 Å². The maximum absolute atomic E-state index is 12.7. The first-order chi connectivity index (χ1) is 6.91. The van der Waals surface area contributed by atoms with Gasteiger partial charge in [0, 0.05) is 12.5 Å². The number of hydrogen-bond donors (Lipinski definition) is 4. The van der Waals surface area contributed by atoms with Crippen molar-refractivity contribution < 1.29 is 24.5 Å². The van der Waals surface area contributed by atoms with Crippen LogP contribution in [0.2, 0.25) is 0 Å². The molecule has 1 aromatic rings. The van der Waals surface area contributed by atoms with Gasteiger partial charge >= 0.3 is 5.97 Å². The van der Waals surface area contributed by atoms with Crippen LogP contribution in [0.25, 0.3) is 0 Å². The third-order valence-electron chi connectivity index (χ3n) is 1.91. The second kappa shape index (κ2) is 4.14. The average molecular weight is 215 g/mol. The van der Waals surface area contributed by atoms with Gasteiger partial charge in [0.2, 0.25) is 0 Å². The molecule has 0 bridgehead atoms. The van der Waals surface area contributed by atoms with Crippen molar-refractivity contribution in [3.05, 3.63) is 23.5 Å². The summed E-state index contributed by atoms with van der Waals surface area (Å²) in [7, 11) is 0. The Morgan fingerprint density at radius 2 is 2.00 bits per heavy atom. The largest absolute Gasteiger partial charge is 0.508 e. The highest BCUT2D eigenvalue weighted by molar-refractivity contribution is 5.73. The van der Waals surface area contributed by atoms with Gasteiger partial charge in [-0.3, -0.25) is 4.79 Å². The number of hydrogen-bond acceptors (Lipinski definition) is 4. The minimum atomic E-state index is -1.24. The monoisotopic (exact) mass is 215 g/mol. The number of aliphatic carboxylic acids is 1. The van der Waals surface area contributed by atoms with E-state index in [4.69, 9.17) is 15.9 Å². The summed E-state index contributed by atoms with van der Waals surface area (Å²) < 4.78 is 12.7. The van der Waals surface area contributed by atoms with Crippen LogP contribution in [0.15, 0.2) is 12.1 Å². The average Bonchev–Trinajstić information content (AvgIpc) is 2.13. The Morgan fingerprint density at radius 1 is 1.40 bits per heavy atom. The summed E-state index contributed by atoms with van der Waals surface area (Å²) in [5.74, 6) is -3.29. The molecule has 1 rings (SSSR count). The number of carbonyl (C=O) groups is 1. The zero-order valence-electron chi connectivity index (χ0n) is 7.64. The number of carboxylic acid groups (broad SMARTS) is 1. The molecule has 0 radical (unpaired) electrons. The number of halogens is 1. The molecular formula is C9H10FNO4. The molecule has 5 nitrogen and oxygen atoms in total. The van der Waals surface area contributed by atoms with Gasteiger partial charge in [-0.05, 0) is 11.6 Å². The van der Waals surface area contributed by atoms with Gasteiger partial charge in [0.1, 0.15) is 11.8 Å². The van der Waals surface area contributed by atoms with E-state index in [1.54, 1.807) is 0 Å². The molecule has 1 unspecified atom stereocenters. The van der Waals surface area contributed by atoms with Gasteiger partial charge in [0.25, 0.3) is 0 Å². The maximum Gasteiger partial charge on any atom is 0.320 e. The number of rotatable bonds is 3. The third kappa shape index (κ3) is 2.57. The van der Waals surface area contributed by atoms with E-state index < -0.39 is 29.3 Å². The molecule has 0 aliphatic rings. The Labute approximate surface area is 84.6 Å². The van der Waals surface area contributed by atoms with Crippen LogP contribution in [-0.2, 0) is 11.2 Å². The molecule has 0 amide bonds. The second-order valence-electron chi connectivity index (χ2n) is 3.08. The maximum atomic E-state index is 12.7. The van der Waals surface area contributed by atoms with Crippen LogP contribution in [-0.4, -0.2) is 27.3 Å². The van der Waals surface area contributed by atoms with Crippen LogP contribution in [0.1, 0.15) is 5.56 Å². The zero-order chi connectivity index (χ0) is 11.6. The van der Waals surface area contributed by atoms with Gasteiger partial charge in [-0.25, -0.2) is 4.39 Å². The summed E-state index contributed by atoms with van der Waals surface area (Å²) in [5.41, 5.74) is 5.31. The topological polar surface area (TPSA) is 104 Å². The van der Waals surface area contributed by atoms with Crippen molar-refractivity contribution in [2.45, 2.75) is 12.5 Å². The van der Waals surface area contributed by atoms with Crippen molar-refractivity contribution in [1.82, 2.24) is 0 Å². The number of aromatic hydroxyl groups is 2.